The number of nitrogens with one attached hydrogen (secondary N) is 3. The summed E-state index contributed by atoms with van der Waals surface area (Å²) in [7, 11) is 1.53. The zero-order valence-electron chi connectivity index (χ0n) is 18.1. The van der Waals surface area contributed by atoms with Crippen molar-refractivity contribution in [3.8, 4) is 0 Å². The number of anilines is 2. The maximum absolute atomic E-state index is 12.9. The molecule has 33 heavy (non-hydrogen) atoms. The topological polar surface area (TPSA) is 90.5 Å². The molecule has 0 heterocycles. The van der Waals surface area contributed by atoms with E-state index in [9.17, 15) is 14.4 Å². The number of hydrogen-bond donors (Lipinski definition) is 3. The first kappa shape index (κ1) is 24.0. The van der Waals surface area contributed by atoms with E-state index in [-0.39, 0.29) is 30.8 Å². The largest absolute Gasteiger partial charge is 0.335 e. The van der Waals surface area contributed by atoms with Gasteiger partial charge in [0.1, 0.15) is 6.04 Å². The minimum atomic E-state index is -0.749. The summed E-state index contributed by atoms with van der Waals surface area (Å²) in [5.41, 5.74) is 1.85. The molecule has 0 aliphatic rings. The Morgan fingerprint density at radius 2 is 1.45 bits per heavy atom. The fourth-order valence-corrected chi connectivity index (χ4v) is 3.31. The number of nitrogens with zero attached hydrogens (tertiary/aromatic N) is 1. The lowest BCUT2D eigenvalue weighted by Crippen LogP contribution is -2.43. The van der Waals surface area contributed by atoms with Crippen LogP contribution in [0.3, 0.4) is 0 Å². The number of carbonyl (C=O) groups is 3. The van der Waals surface area contributed by atoms with E-state index in [1.165, 1.54) is 11.9 Å². The molecule has 170 valence electrons. The number of likely N-dealkylation sites (N-methyl/N-ethyl adjacent to an activating group) is 1. The Bertz CT molecular complexity index is 1090. The predicted molar refractivity (Wildman–Crippen MR) is 130 cm³/mol. The Hall–Kier alpha value is -3.68. The van der Waals surface area contributed by atoms with Crippen molar-refractivity contribution in [2.45, 2.75) is 6.04 Å². The zero-order valence-corrected chi connectivity index (χ0v) is 18.9. The van der Waals surface area contributed by atoms with Crippen molar-refractivity contribution in [2.24, 2.45) is 0 Å². The molecule has 0 saturated heterocycles. The first-order valence-electron chi connectivity index (χ1n) is 10.4. The number of amides is 3. The molecule has 3 N–H and O–H groups in total. The normalized spacial score (nSPS) is 11.3. The highest BCUT2D eigenvalue weighted by atomic mass is 35.5. The van der Waals surface area contributed by atoms with E-state index in [1.54, 1.807) is 36.4 Å². The summed E-state index contributed by atoms with van der Waals surface area (Å²) < 4.78 is 0. The van der Waals surface area contributed by atoms with Gasteiger partial charge in [0.2, 0.25) is 17.7 Å². The highest BCUT2D eigenvalue weighted by Crippen LogP contribution is 2.20. The molecule has 8 heteroatoms. The molecule has 0 bridgehead atoms. The molecule has 1 unspecified atom stereocenters. The summed E-state index contributed by atoms with van der Waals surface area (Å²) in [5, 5.41) is 8.96. The quantitative estimate of drug-likeness (QED) is 0.450. The van der Waals surface area contributed by atoms with Crippen LogP contribution in [0.25, 0.3) is 0 Å². The molecule has 0 saturated carbocycles. The molecule has 3 amide bonds. The van der Waals surface area contributed by atoms with Crippen LogP contribution in [0.5, 0.6) is 0 Å². The first-order valence-corrected chi connectivity index (χ1v) is 10.7. The lowest BCUT2D eigenvalue weighted by Gasteiger charge is -2.21. The number of para-hydroxylation sites is 2. The van der Waals surface area contributed by atoms with Crippen LogP contribution in [0, 0.1) is 0 Å². The fourth-order valence-electron chi connectivity index (χ4n) is 3.12. The van der Waals surface area contributed by atoms with Gasteiger partial charge in [0.25, 0.3) is 0 Å². The van der Waals surface area contributed by atoms with Gasteiger partial charge >= 0.3 is 0 Å². The van der Waals surface area contributed by atoms with Crippen LogP contribution >= 0.6 is 11.6 Å². The summed E-state index contributed by atoms with van der Waals surface area (Å²) >= 11 is 6.05. The first-order chi connectivity index (χ1) is 15.9. The minimum absolute atomic E-state index is 0.127. The van der Waals surface area contributed by atoms with Crippen LogP contribution in [0.1, 0.15) is 11.6 Å². The van der Waals surface area contributed by atoms with Gasteiger partial charge in [-0.3, -0.25) is 19.7 Å². The summed E-state index contributed by atoms with van der Waals surface area (Å²) in [6, 6.07) is 24.3. The zero-order chi connectivity index (χ0) is 23.6. The molecule has 0 spiro atoms. The van der Waals surface area contributed by atoms with Gasteiger partial charge < -0.3 is 15.5 Å². The van der Waals surface area contributed by atoms with Crippen LogP contribution in [-0.4, -0.2) is 42.8 Å². The van der Waals surface area contributed by atoms with Crippen molar-refractivity contribution >= 4 is 40.7 Å². The van der Waals surface area contributed by atoms with Gasteiger partial charge in [0.15, 0.2) is 0 Å². The molecule has 3 aromatic rings. The molecule has 1 atom stereocenters. The van der Waals surface area contributed by atoms with E-state index in [1.807, 2.05) is 48.5 Å². The lowest BCUT2D eigenvalue weighted by atomic mass is 10.1. The summed E-state index contributed by atoms with van der Waals surface area (Å²) in [5.74, 6) is -1.00. The van der Waals surface area contributed by atoms with Crippen molar-refractivity contribution in [3.05, 3.63) is 95.5 Å². The van der Waals surface area contributed by atoms with Gasteiger partial charge in [0.05, 0.1) is 23.8 Å². The van der Waals surface area contributed by atoms with Gasteiger partial charge in [-0.2, -0.15) is 0 Å². The van der Waals surface area contributed by atoms with Crippen LogP contribution < -0.4 is 16.0 Å². The molecule has 7 nitrogen and oxygen atoms in total. The van der Waals surface area contributed by atoms with Crippen molar-refractivity contribution in [2.75, 3.05) is 30.8 Å². The van der Waals surface area contributed by atoms with Crippen LogP contribution in [0.4, 0.5) is 11.4 Å². The Labute approximate surface area is 197 Å². The van der Waals surface area contributed by atoms with E-state index in [0.29, 0.717) is 16.4 Å². The van der Waals surface area contributed by atoms with Crippen molar-refractivity contribution in [1.29, 1.82) is 0 Å². The molecule has 0 fully saturated rings. The van der Waals surface area contributed by atoms with Crippen molar-refractivity contribution < 1.29 is 14.4 Å². The maximum atomic E-state index is 12.9. The van der Waals surface area contributed by atoms with Gasteiger partial charge in [-0.25, -0.2) is 0 Å². The van der Waals surface area contributed by atoms with Gasteiger partial charge in [-0.15, -0.1) is 0 Å². The summed E-state index contributed by atoms with van der Waals surface area (Å²) in [4.78, 5) is 39.2. The number of carbonyl (C=O) groups excluding carboxylic acids is 3. The third-order valence-electron chi connectivity index (χ3n) is 4.85. The molecule has 0 radical (unpaired) electrons. The third-order valence-corrected chi connectivity index (χ3v) is 5.18. The monoisotopic (exact) mass is 464 g/mol. The Balaban J connectivity index is 1.59. The second kappa shape index (κ2) is 11.8. The lowest BCUT2D eigenvalue weighted by molar-refractivity contribution is -0.132. The Morgan fingerprint density at radius 1 is 0.848 bits per heavy atom. The molecule has 0 aromatic heterocycles. The average Bonchev–Trinajstić information content (AvgIpc) is 2.82. The van der Waals surface area contributed by atoms with E-state index in [4.69, 9.17) is 11.6 Å². The molecule has 0 aliphatic carbocycles. The third kappa shape index (κ3) is 7.17. The predicted octanol–water partition coefficient (Wildman–Crippen LogP) is 3.71. The molecule has 3 rings (SSSR count). The van der Waals surface area contributed by atoms with Crippen LogP contribution in [0.15, 0.2) is 84.9 Å². The van der Waals surface area contributed by atoms with Crippen LogP contribution in [0.2, 0.25) is 5.02 Å². The Morgan fingerprint density at radius 3 is 2.12 bits per heavy atom. The average molecular weight is 465 g/mol. The number of halogens is 1. The number of benzene rings is 3. The number of hydrogen-bond acceptors (Lipinski definition) is 4. The SMILES string of the molecule is CN(CC(=O)Nc1ccccc1Cl)C(=O)CNC(C(=O)Nc1ccccc1)c1ccccc1. The summed E-state index contributed by atoms with van der Waals surface area (Å²) in [6.07, 6.45) is 0. The standard InChI is InChI=1S/C25H25ClN4O3/c1-30(17-22(31)29-21-15-9-8-14-20(21)26)23(32)16-27-24(18-10-4-2-5-11-18)25(33)28-19-12-6-3-7-13-19/h2-15,24,27H,16-17H2,1H3,(H,28,33)(H,29,31). The molecule has 3 aromatic carbocycles. The van der Waals surface area contributed by atoms with E-state index >= 15 is 0 Å². The smallest absolute Gasteiger partial charge is 0.246 e. The Kier molecular flexibility index (Phi) is 8.57. The van der Waals surface area contributed by atoms with Gasteiger partial charge in [-0.05, 0) is 29.8 Å². The van der Waals surface area contributed by atoms with Crippen molar-refractivity contribution in [3.63, 3.8) is 0 Å². The second-order valence-electron chi connectivity index (χ2n) is 7.36. The van der Waals surface area contributed by atoms with E-state index in [2.05, 4.69) is 16.0 Å². The number of rotatable bonds is 9. The van der Waals surface area contributed by atoms with E-state index in [0.717, 1.165) is 5.56 Å². The fraction of sp³-hybridized carbons (Fsp3) is 0.160. The second-order valence-corrected chi connectivity index (χ2v) is 7.76. The highest BCUT2D eigenvalue weighted by Gasteiger charge is 2.22. The van der Waals surface area contributed by atoms with E-state index < -0.39 is 6.04 Å². The van der Waals surface area contributed by atoms with Crippen LogP contribution in [-0.2, 0) is 14.4 Å². The maximum Gasteiger partial charge on any atom is 0.246 e. The highest BCUT2D eigenvalue weighted by molar-refractivity contribution is 6.33. The molecule has 0 aliphatic heterocycles. The van der Waals surface area contributed by atoms with Gasteiger partial charge in [-0.1, -0.05) is 72.3 Å². The minimum Gasteiger partial charge on any atom is -0.335 e. The molecular weight excluding hydrogens is 440 g/mol. The molecular formula is C25H25ClN4O3. The van der Waals surface area contributed by atoms with Crippen molar-refractivity contribution in [1.82, 2.24) is 10.2 Å². The summed E-state index contributed by atoms with van der Waals surface area (Å²) in [6.45, 7) is -0.282. The van der Waals surface area contributed by atoms with Gasteiger partial charge in [0, 0.05) is 12.7 Å².